The van der Waals surface area contributed by atoms with Crippen molar-refractivity contribution in [3.63, 3.8) is 0 Å². The van der Waals surface area contributed by atoms with Crippen LogP contribution in [0.15, 0.2) is 15.9 Å². The van der Waals surface area contributed by atoms with Gasteiger partial charge in [0.05, 0.1) is 20.2 Å². The molecule has 0 bridgehead atoms. The first-order valence-electron chi connectivity index (χ1n) is 4.46. The van der Waals surface area contributed by atoms with E-state index in [4.69, 9.17) is 5.11 Å². The zero-order valence-electron chi connectivity index (χ0n) is 8.15. The van der Waals surface area contributed by atoms with Gasteiger partial charge in [0, 0.05) is 0 Å². The molecule has 0 aliphatic heterocycles. The summed E-state index contributed by atoms with van der Waals surface area (Å²) in [6.07, 6.45) is 1.58. The first-order valence-corrected chi connectivity index (χ1v) is 4.46. The summed E-state index contributed by atoms with van der Waals surface area (Å²) in [5.74, 6) is 0. The Morgan fingerprint density at radius 1 is 1.53 bits per heavy atom. The summed E-state index contributed by atoms with van der Waals surface area (Å²) < 4.78 is 2.87. The molecular formula is C8H11N4O3+. The number of fused-ring (bicyclic) bond motifs is 1. The number of H-pyrrole nitrogens is 2. The van der Waals surface area contributed by atoms with E-state index in [1.54, 1.807) is 17.9 Å². The second-order valence-corrected chi connectivity index (χ2v) is 3.22. The van der Waals surface area contributed by atoms with Crippen LogP contribution in [0.25, 0.3) is 11.2 Å². The van der Waals surface area contributed by atoms with Crippen LogP contribution in [0.3, 0.4) is 0 Å². The molecule has 0 atom stereocenters. The van der Waals surface area contributed by atoms with Crippen LogP contribution in [0.1, 0.15) is 0 Å². The van der Waals surface area contributed by atoms with Gasteiger partial charge in [-0.25, -0.2) is 14.3 Å². The van der Waals surface area contributed by atoms with Crippen LogP contribution >= 0.6 is 0 Å². The number of aliphatic hydroxyl groups is 1. The zero-order valence-corrected chi connectivity index (χ0v) is 8.15. The molecule has 0 amide bonds. The van der Waals surface area contributed by atoms with Gasteiger partial charge >= 0.3 is 11.2 Å². The summed E-state index contributed by atoms with van der Waals surface area (Å²) in [5, 5.41) is 8.81. The van der Waals surface area contributed by atoms with Crippen LogP contribution in [-0.4, -0.2) is 26.2 Å². The number of aromatic amines is 2. The third-order valence-corrected chi connectivity index (χ3v) is 2.25. The number of aliphatic hydroxyl groups excluding tert-OH is 1. The molecule has 2 aromatic heterocycles. The molecule has 2 rings (SSSR count). The zero-order chi connectivity index (χ0) is 11.0. The summed E-state index contributed by atoms with van der Waals surface area (Å²) >= 11 is 0. The minimum absolute atomic E-state index is 0.145. The maximum atomic E-state index is 11.5. The van der Waals surface area contributed by atoms with Crippen molar-refractivity contribution in [2.24, 2.45) is 7.05 Å². The van der Waals surface area contributed by atoms with Crippen LogP contribution in [0.5, 0.6) is 0 Å². The van der Waals surface area contributed by atoms with E-state index in [1.165, 1.54) is 4.57 Å². The number of hydrogen-bond acceptors (Lipinski definition) is 3. The molecule has 7 nitrogen and oxygen atoms in total. The number of rotatable bonds is 2. The van der Waals surface area contributed by atoms with E-state index in [1.807, 2.05) is 0 Å². The highest BCUT2D eigenvalue weighted by atomic mass is 16.3. The second kappa shape index (κ2) is 3.35. The van der Waals surface area contributed by atoms with Crippen molar-refractivity contribution in [2.75, 3.05) is 6.61 Å². The summed E-state index contributed by atoms with van der Waals surface area (Å²) in [4.78, 5) is 27.9. The van der Waals surface area contributed by atoms with Crippen molar-refractivity contribution in [3.8, 4) is 0 Å². The van der Waals surface area contributed by atoms with Crippen molar-refractivity contribution in [1.29, 1.82) is 0 Å². The highest BCUT2D eigenvalue weighted by Gasteiger charge is 2.16. The van der Waals surface area contributed by atoms with E-state index in [0.29, 0.717) is 11.2 Å². The Balaban J connectivity index is 2.91. The van der Waals surface area contributed by atoms with E-state index >= 15 is 0 Å². The van der Waals surface area contributed by atoms with Gasteiger partial charge in [-0.2, -0.15) is 0 Å². The molecular weight excluding hydrogens is 200 g/mol. The van der Waals surface area contributed by atoms with Crippen LogP contribution in [0.4, 0.5) is 0 Å². The molecule has 0 unspecified atom stereocenters. The fourth-order valence-corrected chi connectivity index (χ4v) is 1.57. The van der Waals surface area contributed by atoms with Gasteiger partial charge in [-0.1, -0.05) is 0 Å². The van der Waals surface area contributed by atoms with Crippen molar-refractivity contribution in [2.45, 2.75) is 6.54 Å². The SMILES string of the molecule is C[n+]1c[nH]c2c1c(=O)[nH]c(=O)n2CCO. The highest BCUT2D eigenvalue weighted by Crippen LogP contribution is 1.97. The Hall–Kier alpha value is -1.89. The first kappa shape index (κ1) is 9.66. The van der Waals surface area contributed by atoms with Crippen molar-refractivity contribution >= 4 is 11.2 Å². The average Bonchev–Trinajstić information content (AvgIpc) is 2.55. The summed E-state index contributed by atoms with van der Waals surface area (Å²) in [6.45, 7) is -0.0174. The number of nitrogens with one attached hydrogen (secondary N) is 2. The molecule has 2 aromatic rings. The van der Waals surface area contributed by atoms with Crippen LogP contribution in [-0.2, 0) is 13.6 Å². The van der Waals surface area contributed by atoms with Crippen LogP contribution in [0, 0.1) is 0 Å². The van der Waals surface area contributed by atoms with E-state index in [0.717, 1.165) is 0 Å². The third-order valence-electron chi connectivity index (χ3n) is 2.25. The fourth-order valence-electron chi connectivity index (χ4n) is 1.57. The molecule has 0 saturated heterocycles. The predicted molar refractivity (Wildman–Crippen MR) is 51.4 cm³/mol. The quantitative estimate of drug-likeness (QED) is 0.493. The smallest absolute Gasteiger partial charge is 0.331 e. The van der Waals surface area contributed by atoms with E-state index in [2.05, 4.69) is 9.97 Å². The lowest BCUT2D eigenvalue weighted by atomic mass is 10.5. The predicted octanol–water partition coefficient (Wildman–Crippen LogP) is -2.17. The summed E-state index contributed by atoms with van der Waals surface area (Å²) in [7, 11) is 1.70. The molecule has 3 N–H and O–H groups in total. The van der Waals surface area contributed by atoms with Crippen LogP contribution in [0.2, 0.25) is 0 Å². The molecule has 15 heavy (non-hydrogen) atoms. The van der Waals surface area contributed by atoms with Gasteiger partial charge in [0.2, 0.25) is 6.33 Å². The number of nitrogens with zero attached hydrogens (tertiary/aromatic N) is 2. The number of aryl methyl sites for hydroxylation is 1. The molecule has 0 aliphatic carbocycles. The maximum Gasteiger partial charge on any atom is 0.331 e. The standard InChI is InChI=1S/C8H10N4O3/c1-11-4-9-6-5(11)7(14)10-8(15)12(6)2-3-13/h4,13H,2-3H2,1H3,(H,10,14,15)/p+1. The highest BCUT2D eigenvalue weighted by molar-refractivity contribution is 5.64. The molecule has 0 fully saturated rings. The monoisotopic (exact) mass is 211 g/mol. The Bertz CT molecular complexity index is 606. The number of hydrogen-bond donors (Lipinski definition) is 3. The van der Waals surface area contributed by atoms with E-state index in [-0.39, 0.29) is 13.2 Å². The Morgan fingerprint density at radius 3 is 2.93 bits per heavy atom. The second-order valence-electron chi connectivity index (χ2n) is 3.22. The first-order chi connectivity index (χ1) is 7.15. The molecule has 7 heteroatoms. The van der Waals surface area contributed by atoms with Gasteiger partial charge in [-0.15, -0.1) is 0 Å². The molecule has 2 heterocycles. The van der Waals surface area contributed by atoms with Crippen molar-refractivity contribution < 1.29 is 9.67 Å². The Labute approximate surface area is 83.6 Å². The van der Waals surface area contributed by atoms with Gasteiger partial charge in [0.1, 0.15) is 0 Å². The molecule has 0 spiro atoms. The van der Waals surface area contributed by atoms with Crippen LogP contribution < -0.4 is 15.8 Å². The number of imidazole rings is 1. The third kappa shape index (κ3) is 1.37. The van der Waals surface area contributed by atoms with Gasteiger partial charge in [-0.3, -0.25) is 14.3 Å². The molecule has 80 valence electrons. The Kier molecular flexibility index (Phi) is 2.16. The van der Waals surface area contributed by atoms with Gasteiger partial charge in [-0.05, 0) is 0 Å². The van der Waals surface area contributed by atoms with Gasteiger partial charge in [0.25, 0.3) is 11.2 Å². The van der Waals surface area contributed by atoms with E-state index in [9.17, 15) is 9.59 Å². The Morgan fingerprint density at radius 2 is 2.27 bits per heavy atom. The maximum absolute atomic E-state index is 11.5. The van der Waals surface area contributed by atoms with Crippen molar-refractivity contribution in [1.82, 2.24) is 14.5 Å². The average molecular weight is 211 g/mol. The molecule has 0 aromatic carbocycles. The molecule has 0 saturated carbocycles. The summed E-state index contributed by atoms with van der Waals surface area (Å²) in [5.41, 5.74) is -0.166. The molecule has 0 aliphatic rings. The lowest BCUT2D eigenvalue weighted by molar-refractivity contribution is -0.645. The van der Waals surface area contributed by atoms with Gasteiger partial charge < -0.3 is 5.11 Å². The largest absolute Gasteiger partial charge is 0.395 e. The molecule has 0 radical (unpaired) electrons. The fraction of sp³-hybridized carbons (Fsp3) is 0.375. The lowest BCUT2D eigenvalue weighted by Gasteiger charge is -1.99. The van der Waals surface area contributed by atoms with Gasteiger partial charge in [0.15, 0.2) is 0 Å². The lowest BCUT2D eigenvalue weighted by Crippen LogP contribution is -2.37. The minimum Gasteiger partial charge on any atom is -0.395 e. The van der Waals surface area contributed by atoms with E-state index < -0.39 is 11.2 Å². The minimum atomic E-state index is -0.524. The summed E-state index contributed by atoms with van der Waals surface area (Å²) in [6, 6.07) is 0. The topological polar surface area (TPSA) is 94.8 Å². The normalized spacial score (nSPS) is 11.1. The van der Waals surface area contributed by atoms with Crippen molar-refractivity contribution in [3.05, 3.63) is 27.2 Å². The number of aromatic nitrogens is 4.